The first-order chi connectivity index (χ1) is 8.08. The molecule has 0 radical (unpaired) electrons. The van der Waals surface area contributed by atoms with E-state index in [4.69, 9.17) is 4.74 Å². The Kier molecular flexibility index (Phi) is 4.97. The summed E-state index contributed by atoms with van der Waals surface area (Å²) in [5.41, 5.74) is 1.81. The fourth-order valence-corrected chi connectivity index (χ4v) is 1.40. The van der Waals surface area contributed by atoms with Crippen molar-refractivity contribution in [2.75, 3.05) is 19.0 Å². The highest BCUT2D eigenvalue weighted by Gasteiger charge is 2.11. The number of benzene rings is 1. The van der Waals surface area contributed by atoms with E-state index in [-0.39, 0.29) is 11.9 Å². The first-order valence-electron chi connectivity index (χ1n) is 5.80. The molecule has 1 amide bonds. The fraction of sp³-hybridized carbons (Fsp3) is 0.462. The maximum atomic E-state index is 11.7. The maximum absolute atomic E-state index is 11.7. The molecule has 4 nitrogen and oxygen atoms in total. The molecule has 1 atom stereocenters. The van der Waals surface area contributed by atoms with Crippen molar-refractivity contribution in [1.29, 1.82) is 0 Å². The maximum Gasteiger partial charge on any atom is 0.241 e. The highest BCUT2D eigenvalue weighted by Crippen LogP contribution is 2.21. The molecule has 2 N–H and O–H groups in total. The van der Waals surface area contributed by atoms with Crippen LogP contribution in [0.4, 0.5) is 5.69 Å². The molecule has 17 heavy (non-hydrogen) atoms. The van der Waals surface area contributed by atoms with Gasteiger partial charge in [-0.1, -0.05) is 0 Å². The number of likely N-dealkylation sites (N-methyl/N-ethyl adjacent to an activating group) is 1. The van der Waals surface area contributed by atoms with Crippen molar-refractivity contribution in [1.82, 2.24) is 5.32 Å². The molecule has 1 unspecified atom stereocenters. The SMILES string of the molecule is CCOc1ccc(NC(=O)C(C)NC)c(C)c1. The highest BCUT2D eigenvalue weighted by atomic mass is 16.5. The molecule has 1 rings (SSSR count). The van der Waals surface area contributed by atoms with E-state index < -0.39 is 0 Å². The lowest BCUT2D eigenvalue weighted by atomic mass is 10.2. The summed E-state index contributed by atoms with van der Waals surface area (Å²) in [6, 6.07) is 5.43. The standard InChI is InChI=1S/C13H20N2O2/c1-5-17-11-6-7-12(9(2)8-11)15-13(16)10(3)14-4/h6-8,10,14H,5H2,1-4H3,(H,15,16). The quantitative estimate of drug-likeness (QED) is 0.821. The van der Waals surface area contributed by atoms with Crippen molar-refractivity contribution in [3.63, 3.8) is 0 Å². The molecule has 0 saturated carbocycles. The molecule has 0 aliphatic carbocycles. The van der Waals surface area contributed by atoms with E-state index in [9.17, 15) is 4.79 Å². The Labute approximate surface area is 102 Å². The van der Waals surface area contributed by atoms with Crippen LogP contribution in [0.25, 0.3) is 0 Å². The van der Waals surface area contributed by atoms with Crippen molar-refractivity contribution in [3.05, 3.63) is 23.8 Å². The predicted octanol–water partition coefficient (Wildman–Crippen LogP) is 1.94. The minimum absolute atomic E-state index is 0.0419. The topological polar surface area (TPSA) is 50.4 Å². The van der Waals surface area contributed by atoms with Crippen molar-refractivity contribution in [3.8, 4) is 5.75 Å². The zero-order chi connectivity index (χ0) is 12.8. The van der Waals surface area contributed by atoms with Crippen LogP contribution in [0.2, 0.25) is 0 Å². The molecule has 94 valence electrons. The molecule has 4 heteroatoms. The minimum atomic E-state index is -0.207. The first kappa shape index (κ1) is 13.5. The van der Waals surface area contributed by atoms with Crippen LogP contribution in [-0.2, 0) is 4.79 Å². The summed E-state index contributed by atoms with van der Waals surface area (Å²) in [5.74, 6) is 0.782. The van der Waals surface area contributed by atoms with Crippen molar-refractivity contribution >= 4 is 11.6 Å². The van der Waals surface area contributed by atoms with Gasteiger partial charge in [0.25, 0.3) is 0 Å². The second-order valence-corrected chi connectivity index (χ2v) is 3.91. The average molecular weight is 236 g/mol. The number of carbonyl (C=O) groups excluding carboxylic acids is 1. The normalized spacial score (nSPS) is 12.0. The molecule has 1 aromatic carbocycles. The van der Waals surface area contributed by atoms with Crippen LogP contribution in [0.3, 0.4) is 0 Å². The number of amides is 1. The number of aryl methyl sites for hydroxylation is 1. The van der Waals surface area contributed by atoms with Crippen LogP contribution in [0.5, 0.6) is 5.75 Å². The van der Waals surface area contributed by atoms with Crippen molar-refractivity contribution < 1.29 is 9.53 Å². The van der Waals surface area contributed by atoms with E-state index in [0.29, 0.717) is 6.61 Å². The molecule has 0 aromatic heterocycles. The van der Waals surface area contributed by atoms with Gasteiger partial charge in [-0.25, -0.2) is 0 Å². The smallest absolute Gasteiger partial charge is 0.241 e. The first-order valence-corrected chi connectivity index (χ1v) is 5.80. The summed E-state index contributed by atoms with van der Waals surface area (Å²) >= 11 is 0. The second-order valence-electron chi connectivity index (χ2n) is 3.91. The lowest BCUT2D eigenvalue weighted by Crippen LogP contribution is -2.35. The van der Waals surface area contributed by atoms with E-state index in [0.717, 1.165) is 17.0 Å². The summed E-state index contributed by atoms with van der Waals surface area (Å²) in [7, 11) is 1.76. The van der Waals surface area contributed by atoms with Gasteiger partial charge in [-0.2, -0.15) is 0 Å². The van der Waals surface area contributed by atoms with Gasteiger partial charge in [-0.05, 0) is 51.6 Å². The molecule has 0 aliphatic rings. The molecular formula is C13H20N2O2. The lowest BCUT2D eigenvalue weighted by Gasteiger charge is -2.13. The summed E-state index contributed by atoms with van der Waals surface area (Å²) in [5, 5.41) is 5.77. The van der Waals surface area contributed by atoms with Crippen LogP contribution in [-0.4, -0.2) is 25.6 Å². The Bertz CT molecular complexity index is 391. The molecule has 0 heterocycles. The molecule has 0 spiro atoms. The lowest BCUT2D eigenvalue weighted by molar-refractivity contribution is -0.117. The third kappa shape index (κ3) is 3.75. The third-order valence-electron chi connectivity index (χ3n) is 2.59. The van der Waals surface area contributed by atoms with E-state index in [2.05, 4.69) is 10.6 Å². The number of rotatable bonds is 5. The molecule has 0 saturated heterocycles. The Hall–Kier alpha value is -1.55. The van der Waals surface area contributed by atoms with Crippen molar-refractivity contribution in [2.24, 2.45) is 0 Å². The largest absolute Gasteiger partial charge is 0.494 e. The molecule has 0 bridgehead atoms. The second kappa shape index (κ2) is 6.25. The number of hydrogen-bond acceptors (Lipinski definition) is 3. The van der Waals surface area contributed by atoms with Crippen LogP contribution in [0.15, 0.2) is 18.2 Å². The summed E-state index contributed by atoms with van der Waals surface area (Å²) in [4.78, 5) is 11.7. The van der Waals surface area contributed by atoms with Gasteiger partial charge in [-0.3, -0.25) is 4.79 Å². The van der Waals surface area contributed by atoms with Crippen LogP contribution < -0.4 is 15.4 Å². The van der Waals surface area contributed by atoms with Gasteiger partial charge in [0.05, 0.1) is 12.6 Å². The van der Waals surface area contributed by atoms with Gasteiger partial charge in [-0.15, -0.1) is 0 Å². The zero-order valence-corrected chi connectivity index (χ0v) is 10.8. The number of hydrogen-bond donors (Lipinski definition) is 2. The molecule has 0 fully saturated rings. The van der Waals surface area contributed by atoms with Gasteiger partial charge >= 0.3 is 0 Å². The van der Waals surface area contributed by atoms with Gasteiger partial charge < -0.3 is 15.4 Å². The van der Waals surface area contributed by atoms with Gasteiger partial charge in [0.1, 0.15) is 5.75 Å². The van der Waals surface area contributed by atoms with E-state index in [1.165, 1.54) is 0 Å². The summed E-state index contributed by atoms with van der Waals surface area (Å²) < 4.78 is 5.39. The Morgan fingerprint density at radius 3 is 2.71 bits per heavy atom. The average Bonchev–Trinajstić information content (AvgIpc) is 2.31. The molecule has 0 aliphatic heterocycles. The van der Waals surface area contributed by atoms with Crippen LogP contribution in [0, 0.1) is 6.92 Å². The van der Waals surface area contributed by atoms with Crippen LogP contribution >= 0.6 is 0 Å². The summed E-state index contributed by atoms with van der Waals surface area (Å²) in [6.07, 6.45) is 0. The molecule has 1 aromatic rings. The third-order valence-corrected chi connectivity index (χ3v) is 2.59. The highest BCUT2D eigenvalue weighted by molar-refractivity contribution is 5.95. The zero-order valence-electron chi connectivity index (χ0n) is 10.8. The van der Waals surface area contributed by atoms with Gasteiger partial charge in [0.15, 0.2) is 0 Å². The van der Waals surface area contributed by atoms with Crippen LogP contribution in [0.1, 0.15) is 19.4 Å². The Balaban J connectivity index is 2.75. The number of nitrogens with one attached hydrogen (secondary N) is 2. The Morgan fingerprint density at radius 2 is 2.18 bits per heavy atom. The van der Waals surface area contributed by atoms with E-state index in [1.807, 2.05) is 39.0 Å². The Morgan fingerprint density at radius 1 is 1.47 bits per heavy atom. The van der Waals surface area contributed by atoms with E-state index in [1.54, 1.807) is 7.05 Å². The number of ether oxygens (including phenoxy) is 1. The minimum Gasteiger partial charge on any atom is -0.494 e. The number of carbonyl (C=O) groups is 1. The van der Waals surface area contributed by atoms with Gasteiger partial charge in [0, 0.05) is 5.69 Å². The number of anilines is 1. The van der Waals surface area contributed by atoms with Crippen molar-refractivity contribution in [2.45, 2.75) is 26.8 Å². The fourth-order valence-electron chi connectivity index (χ4n) is 1.40. The molecular weight excluding hydrogens is 216 g/mol. The van der Waals surface area contributed by atoms with E-state index >= 15 is 0 Å². The summed E-state index contributed by atoms with van der Waals surface area (Å²) in [6.45, 7) is 6.35. The predicted molar refractivity (Wildman–Crippen MR) is 69.5 cm³/mol. The monoisotopic (exact) mass is 236 g/mol. The van der Waals surface area contributed by atoms with Gasteiger partial charge in [0.2, 0.25) is 5.91 Å².